The molecule has 116 heavy (non-hydrogen) atoms. The molecule has 6 heterocycles. The van der Waals surface area contributed by atoms with Gasteiger partial charge in [-0.1, -0.05) is 106 Å². The minimum Gasteiger partial charge on any atom is -0.497 e. The Morgan fingerprint density at radius 3 is 1.08 bits per heavy atom. The summed E-state index contributed by atoms with van der Waals surface area (Å²) in [7, 11) is 28.0. The van der Waals surface area contributed by atoms with Gasteiger partial charge in [0.05, 0.1) is 58.8 Å². The second-order valence-corrected chi connectivity index (χ2v) is 32.3. The molecular formula is C90H120Br2N12O12. The first-order valence-corrected chi connectivity index (χ1v) is 40.6. The second-order valence-electron chi connectivity index (χ2n) is 30.5. The van der Waals surface area contributed by atoms with Gasteiger partial charge in [0.2, 0.25) is 0 Å². The van der Waals surface area contributed by atoms with Crippen molar-refractivity contribution in [2.45, 2.75) is 98.1 Å². The monoisotopic (exact) mass is 1720 g/mol. The Labute approximate surface area is 705 Å². The standard InChI is InChI=1S/C35H42N4O4.C27H37BrN4O4.C19H30BrN3O2.C8H7NO2.CH4/c1-37(2)21-30-34(27-15-13-26(14-16-27)12-11-25-9-7-6-8-10-25)31-22-38(23-32(42-4)33(43-5)24-39(30)31)35(40)36-28-17-19-29(41-3)20-18-28;1-30(2)14-22-26(18-6-8-19(28)9-7-18)23-15-31(16-24(35-4)25(36-5)17-32(22)23)27(33)29-20-10-12-21(34-3)13-11-20;1-22(2)11-16-19(13-5-7-14(20)8-6-13)15-9-21-10-17(24-3)18(25-4)12-23(15)16;1-10-7-2-4-8(5-3-7)11-6-9;/h6-10,13-20,30-34H,21-24H2,1-5H3,(H,36,40);6-13,22-26H,14-17H2,1-5H3,(H,29,33);5-8,15-19,21H,9-12H2,1-4H3;2-5H,1H3;1H4/t30-,31+,32-,33+,34+;22-,23+,24-,25+,26+;15-,16+,17+,18-,19+;;/m110../s1. The van der Waals surface area contributed by atoms with Gasteiger partial charge in [0.1, 0.15) is 35.2 Å². The van der Waals surface area contributed by atoms with Gasteiger partial charge in [-0.15, -0.1) is 5.26 Å². The lowest BCUT2D eigenvalue weighted by atomic mass is 9.73. The number of hydrogen-bond donors (Lipinski definition) is 3. The SMILES string of the molecule is C.CO[C@H]1CN2[C@H](CN(C)C)[C@H](c3ccc(Br)cc3)[C@@H]2CNC[C@H]1OC.COc1ccc(NC(=O)N2C[C@@H](OC)[C@@H](OC)CN3[C@H](CN(C)C)[C@H](c4ccc(Br)cc4)[C@@H]3C2)cc1.COc1ccc(NC(=O)N2C[C@@H](OC)[C@@H](OC)CN3[C@H](CN(C)C)[C@H](c4ccc(C#Cc5ccccc5)cc4)[C@@H]3C2)cc1.COc1ccc(OC#N)cc1. The molecule has 0 aliphatic carbocycles. The van der Waals surface area contributed by atoms with Gasteiger partial charge < -0.3 is 87.8 Å². The Bertz CT molecular complexity index is 4220. The van der Waals surface area contributed by atoms with E-state index in [9.17, 15) is 9.59 Å². The van der Waals surface area contributed by atoms with Crippen molar-refractivity contribution in [2.24, 2.45) is 0 Å². The summed E-state index contributed by atoms with van der Waals surface area (Å²) < 4.78 is 57.2. The molecule has 6 aliphatic rings. The van der Waals surface area contributed by atoms with E-state index in [1.807, 2.05) is 88.7 Å². The normalized spacial score (nSPS) is 25.0. The van der Waals surface area contributed by atoms with E-state index in [4.69, 9.17) is 47.9 Å². The molecule has 7 aromatic carbocycles. The molecule has 7 aromatic rings. The van der Waals surface area contributed by atoms with Crippen molar-refractivity contribution in [1.82, 2.24) is 44.5 Å². The number of amides is 4. The maximum atomic E-state index is 13.7. The first kappa shape index (κ1) is 91.7. The van der Waals surface area contributed by atoms with Crippen LogP contribution in [0.1, 0.15) is 53.0 Å². The van der Waals surface area contributed by atoms with Gasteiger partial charge in [-0.05, 0) is 180 Å². The first-order valence-electron chi connectivity index (χ1n) is 39.0. The highest BCUT2D eigenvalue weighted by atomic mass is 79.9. The molecule has 0 unspecified atom stereocenters. The van der Waals surface area contributed by atoms with Crippen LogP contribution in [0.15, 0.2) is 185 Å². The largest absolute Gasteiger partial charge is 0.497 e. The van der Waals surface area contributed by atoms with Crippen LogP contribution in [0.3, 0.4) is 0 Å². The zero-order valence-electron chi connectivity index (χ0n) is 69.1. The lowest BCUT2D eigenvalue weighted by Gasteiger charge is -2.59. The van der Waals surface area contributed by atoms with E-state index in [1.165, 1.54) is 16.7 Å². The molecule has 4 amide bonds. The lowest BCUT2D eigenvalue weighted by Crippen LogP contribution is -2.72. The van der Waals surface area contributed by atoms with Crippen molar-refractivity contribution in [3.63, 3.8) is 0 Å². The molecule has 0 saturated carbocycles. The number of carbonyl (C=O) groups is 2. The molecule has 6 saturated heterocycles. The zero-order valence-corrected chi connectivity index (χ0v) is 72.2. The van der Waals surface area contributed by atoms with Crippen LogP contribution >= 0.6 is 31.9 Å². The fourth-order valence-corrected chi connectivity index (χ4v) is 17.3. The van der Waals surface area contributed by atoms with Crippen LogP contribution in [0.4, 0.5) is 21.0 Å². The Morgan fingerprint density at radius 2 is 0.724 bits per heavy atom. The van der Waals surface area contributed by atoms with Crippen molar-refractivity contribution in [3.05, 3.63) is 213 Å². The molecule has 0 aromatic heterocycles. The van der Waals surface area contributed by atoms with E-state index in [0.717, 1.165) is 95.4 Å². The highest BCUT2D eigenvalue weighted by molar-refractivity contribution is 9.10. The highest BCUT2D eigenvalue weighted by Gasteiger charge is 2.55. The number of benzene rings is 7. The fraction of sp³-hybridized carbons (Fsp3) is 0.478. The van der Waals surface area contributed by atoms with E-state index in [-0.39, 0.29) is 80.2 Å². The van der Waals surface area contributed by atoms with Crippen molar-refractivity contribution in [3.8, 4) is 41.1 Å². The Balaban J connectivity index is 0.000000190. The highest BCUT2D eigenvalue weighted by Crippen LogP contribution is 2.46. The second kappa shape index (κ2) is 45.1. The molecule has 0 spiro atoms. The van der Waals surface area contributed by atoms with Crippen LogP contribution in [0.25, 0.3) is 0 Å². The summed E-state index contributed by atoms with van der Waals surface area (Å²) >= 11 is 7.12. The third-order valence-electron chi connectivity index (χ3n) is 22.7. The van der Waals surface area contributed by atoms with Gasteiger partial charge in [-0.25, -0.2) is 9.59 Å². The third kappa shape index (κ3) is 24.0. The summed E-state index contributed by atoms with van der Waals surface area (Å²) in [5.74, 6) is 10.4. The van der Waals surface area contributed by atoms with Crippen LogP contribution < -0.4 is 34.9 Å². The summed E-state index contributed by atoms with van der Waals surface area (Å²) in [6.07, 6.45) is 0.957. The van der Waals surface area contributed by atoms with Crippen LogP contribution in [-0.4, -0.2) is 309 Å². The van der Waals surface area contributed by atoms with E-state index >= 15 is 0 Å². The minimum absolute atomic E-state index is 0. The van der Waals surface area contributed by atoms with Crippen LogP contribution in [0.2, 0.25) is 0 Å². The number of methoxy groups -OCH3 is 9. The number of hydrogen-bond acceptors (Lipinski definition) is 20. The molecule has 6 aliphatic heterocycles. The molecule has 13 rings (SSSR count). The number of nitriles is 1. The molecule has 6 fully saturated rings. The van der Waals surface area contributed by atoms with Gasteiger partial charge in [0.15, 0.2) is 0 Å². The number of nitrogens with one attached hydrogen (secondary N) is 3. The maximum absolute atomic E-state index is 13.7. The number of anilines is 2. The number of rotatable bonds is 21. The Hall–Kier alpha value is -8.23. The Morgan fingerprint density at radius 1 is 0.405 bits per heavy atom. The number of likely N-dealkylation sites (N-methyl/N-ethyl adjacent to an activating group) is 3. The predicted molar refractivity (Wildman–Crippen MR) is 465 cm³/mol. The van der Waals surface area contributed by atoms with Crippen molar-refractivity contribution < 1.29 is 57.0 Å². The molecular weight excluding hydrogens is 1600 g/mol. The molecule has 26 heteroatoms. The molecule has 0 radical (unpaired) electrons. The zero-order chi connectivity index (χ0) is 82.2. The molecule has 15 atom stereocenters. The van der Waals surface area contributed by atoms with Gasteiger partial charge in [0, 0.05) is 194 Å². The van der Waals surface area contributed by atoms with Gasteiger partial charge in [0.25, 0.3) is 6.26 Å². The average Bonchev–Trinajstić information content (AvgIpc) is 0.746. The van der Waals surface area contributed by atoms with E-state index in [1.54, 1.807) is 94.5 Å². The average molecular weight is 1720 g/mol. The van der Waals surface area contributed by atoms with Crippen molar-refractivity contribution in [1.29, 1.82) is 5.26 Å². The molecule has 24 nitrogen and oxygen atoms in total. The molecule has 3 N–H and O–H groups in total. The first-order chi connectivity index (χ1) is 55.6. The van der Waals surface area contributed by atoms with Gasteiger partial charge in [-0.3, -0.25) is 14.7 Å². The predicted octanol–water partition coefficient (Wildman–Crippen LogP) is 12.1. The minimum atomic E-state index is -0.255. The summed E-state index contributed by atoms with van der Waals surface area (Å²) in [4.78, 5) is 45.3. The molecule has 626 valence electrons. The quantitative estimate of drug-likeness (QED) is 0.0451. The summed E-state index contributed by atoms with van der Waals surface area (Å²) in [6, 6.07) is 59.2. The molecule has 0 bridgehead atoms. The number of fused-ring (bicyclic) bond motifs is 3. The summed E-state index contributed by atoms with van der Waals surface area (Å²) in [5.41, 5.74) is 7.39. The van der Waals surface area contributed by atoms with Crippen LogP contribution in [-0.2, 0) is 28.4 Å². The Kier molecular flexibility index (Phi) is 35.6. The third-order valence-corrected chi connectivity index (χ3v) is 23.7. The smallest absolute Gasteiger partial charge is 0.321 e. The van der Waals surface area contributed by atoms with E-state index < -0.39 is 0 Å². The van der Waals surface area contributed by atoms with Gasteiger partial charge in [-0.2, -0.15) is 0 Å². The maximum Gasteiger partial charge on any atom is 0.321 e. The van der Waals surface area contributed by atoms with Crippen molar-refractivity contribution >= 4 is 55.3 Å². The summed E-state index contributed by atoms with van der Waals surface area (Å²) in [5, 5.41) is 17.9. The number of ether oxygens (including phenoxy) is 10. The number of urea groups is 2. The van der Waals surface area contributed by atoms with Gasteiger partial charge >= 0.3 is 12.1 Å². The number of halogens is 2. The lowest BCUT2D eigenvalue weighted by molar-refractivity contribution is -0.123. The van der Waals surface area contributed by atoms with Crippen molar-refractivity contribution in [2.75, 3.05) is 195 Å². The topological polar surface area (TPSA) is 212 Å². The fourth-order valence-electron chi connectivity index (χ4n) is 16.8. The number of nitrogens with zero attached hydrogens (tertiary/aromatic N) is 9. The van der Waals surface area contributed by atoms with E-state index in [0.29, 0.717) is 67.6 Å². The summed E-state index contributed by atoms with van der Waals surface area (Å²) in [6.45, 7) is 9.16. The van der Waals surface area contributed by atoms with Crippen LogP contribution in [0, 0.1) is 23.4 Å². The van der Waals surface area contributed by atoms with Crippen LogP contribution in [0.5, 0.6) is 23.0 Å². The number of carbonyl (C=O) groups excluding carboxylic acids is 2. The van der Waals surface area contributed by atoms with E-state index in [2.05, 4.69) is 209 Å².